The normalized spacial score (nSPS) is 17.3. The molecule has 8 heteroatoms. The maximum atomic E-state index is 13.4. The summed E-state index contributed by atoms with van der Waals surface area (Å²) in [4.78, 5) is 6.82. The quantitative estimate of drug-likeness (QED) is 0.259. The van der Waals surface area contributed by atoms with Crippen LogP contribution in [0.5, 0.6) is 5.75 Å². The molecule has 1 unspecified atom stereocenters. The van der Waals surface area contributed by atoms with Gasteiger partial charge >= 0.3 is 0 Å². The van der Waals surface area contributed by atoms with E-state index in [4.69, 9.17) is 9.47 Å². The third kappa shape index (κ3) is 7.24. The molecular formula is C18H29FIN3O3. The molecule has 0 saturated carbocycles. The van der Waals surface area contributed by atoms with Gasteiger partial charge in [-0.2, -0.15) is 0 Å². The van der Waals surface area contributed by atoms with E-state index in [1.165, 1.54) is 12.1 Å². The van der Waals surface area contributed by atoms with Crippen molar-refractivity contribution >= 4 is 29.9 Å². The van der Waals surface area contributed by atoms with Crippen molar-refractivity contribution in [1.29, 1.82) is 0 Å². The zero-order chi connectivity index (χ0) is 18.1. The molecule has 2 rings (SSSR count). The van der Waals surface area contributed by atoms with Gasteiger partial charge in [-0.25, -0.2) is 9.38 Å². The van der Waals surface area contributed by atoms with Gasteiger partial charge in [-0.1, -0.05) is 6.07 Å². The molecule has 6 nitrogen and oxygen atoms in total. The highest BCUT2D eigenvalue weighted by Gasteiger charge is 2.24. The molecular weight excluding hydrogens is 452 g/mol. The topological polar surface area (TPSA) is 66.3 Å². The number of nitrogens with one attached hydrogen (secondary N) is 1. The number of aromatic hydroxyl groups is 1. The molecule has 0 amide bonds. The number of phenols is 1. The maximum absolute atomic E-state index is 13.4. The summed E-state index contributed by atoms with van der Waals surface area (Å²) in [5.41, 5.74) is 0.726. The van der Waals surface area contributed by atoms with Crippen molar-refractivity contribution < 1.29 is 19.0 Å². The number of nitrogens with zero attached hydrogens (tertiary/aromatic N) is 2. The lowest BCUT2D eigenvalue weighted by atomic mass is 10.1. The van der Waals surface area contributed by atoms with E-state index < -0.39 is 5.82 Å². The zero-order valence-electron chi connectivity index (χ0n) is 15.4. The molecule has 2 N–H and O–H groups in total. The minimum atomic E-state index is -0.618. The second-order valence-electron chi connectivity index (χ2n) is 6.12. The standard InChI is InChI=1S/C18H28FN3O3.HI/c1-3-20-18(21-11-14-4-5-17(23)16(19)10-14)22-7-6-15(12-22)13-25-9-8-24-2;/h4-5,10,15,23H,3,6-9,11-13H2,1-2H3,(H,20,21);1H. The molecule has 1 saturated heterocycles. The summed E-state index contributed by atoms with van der Waals surface area (Å²) in [6.07, 6.45) is 1.06. The van der Waals surface area contributed by atoms with Crippen LogP contribution in [0, 0.1) is 11.7 Å². The van der Waals surface area contributed by atoms with Crippen LogP contribution in [0.15, 0.2) is 23.2 Å². The summed E-state index contributed by atoms with van der Waals surface area (Å²) in [5.74, 6) is 0.352. The monoisotopic (exact) mass is 481 g/mol. The first-order chi connectivity index (χ1) is 12.1. The van der Waals surface area contributed by atoms with Crippen LogP contribution in [0.25, 0.3) is 0 Å². The van der Waals surface area contributed by atoms with E-state index in [1.807, 2.05) is 6.92 Å². The lowest BCUT2D eigenvalue weighted by Crippen LogP contribution is -2.40. The zero-order valence-corrected chi connectivity index (χ0v) is 17.7. The molecule has 0 aromatic heterocycles. The number of aliphatic imine (C=N–C) groups is 1. The Labute approximate surface area is 171 Å². The van der Waals surface area contributed by atoms with E-state index in [9.17, 15) is 9.50 Å². The predicted molar refractivity (Wildman–Crippen MR) is 111 cm³/mol. The number of benzene rings is 1. The van der Waals surface area contributed by atoms with Crippen LogP contribution in [0.4, 0.5) is 4.39 Å². The Balaban J connectivity index is 0.00000338. The number of methoxy groups -OCH3 is 1. The number of phenolic OH excluding ortho intramolecular Hbond substituents is 1. The van der Waals surface area contributed by atoms with Gasteiger partial charge in [0.25, 0.3) is 0 Å². The number of guanidine groups is 1. The number of hydrogen-bond donors (Lipinski definition) is 2. The van der Waals surface area contributed by atoms with Crippen LogP contribution in [-0.4, -0.2) is 62.5 Å². The molecule has 1 fully saturated rings. The Morgan fingerprint density at radius 1 is 1.42 bits per heavy atom. The lowest BCUT2D eigenvalue weighted by Gasteiger charge is -2.21. The Bertz CT molecular complexity index is 575. The summed E-state index contributed by atoms with van der Waals surface area (Å²) in [6.45, 7) is 6.94. The van der Waals surface area contributed by atoms with Crippen LogP contribution < -0.4 is 5.32 Å². The molecule has 0 bridgehead atoms. The maximum Gasteiger partial charge on any atom is 0.194 e. The first kappa shape index (κ1) is 22.9. The van der Waals surface area contributed by atoms with E-state index >= 15 is 0 Å². The van der Waals surface area contributed by atoms with Crippen LogP contribution in [0.1, 0.15) is 18.9 Å². The first-order valence-electron chi connectivity index (χ1n) is 8.71. The third-order valence-electron chi connectivity index (χ3n) is 4.13. The van der Waals surface area contributed by atoms with Crippen LogP contribution in [0.3, 0.4) is 0 Å². The number of rotatable bonds is 8. The number of ether oxygens (including phenoxy) is 2. The fourth-order valence-electron chi connectivity index (χ4n) is 2.79. The van der Waals surface area contributed by atoms with Gasteiger partial charge in [0.2, 0.25) is 0 Å². The minimum Gasteiger partial charge on any atom is -0.505 e. The summed E-state index contributed by atoms with van der Waals surface area (Å²) < 4.78 is 24.0. The summed E-state index contributed by atoms with van der Waals surface area (Å²) in [7, 11) is 1.67. The summed E-state index contributed by atoms with van der Waals surface area (Å²) in [6, 6.07) is 4.36. The molecule has 26 heavy (non-hydrogen) atoms. The lowest BCUT2D eigenvalue weighted by molar-refractivity contribution is 0.0536. The molecule has 1 atom stereocenters. The predicted octanol–water partition coefficient (Wildman–Crippen LogP) is 2.60. The van der Waals surface area contributed by atoms with Crippen molar-refractivity contribution in [3.05, 3.63) is 29.6 Å². The van der Waals surface area contributed by atoms with Crippen molar-refractivity contribution in [3.63, 3.8) is 0 Å². The van der Waals surface area contributed by atoms with Gasteiger partial charge in [-0.3, -0.25) is 0 Å². The van der Waals surface area contributed by atoms with Gasteiger partial charge in [0.1, 0.15) is 0 Å². The number of likely N-dealkylation sites (tertiary alicyclic amines) is 1. The Morgan fingerprint density at radius 3 is 2.92 bits per heavy atom. The Morgan fingerprint density at radius 2 is 2.23 bits per heavy atom. The van der Waals surface area contributed by atoms with Crippen molar-refractivity contribution in [2.24, 2.45) is 10.9 Å². The van der Waals surface area contributed by atoms with Crippen LogP contribution in [0.2, 0.25) is 0 Å². The second-order valence-corrected chi connectivity index (χ2v) is 6.12. The van der Waals surface area contributed by atoms with Crippen LogP contribution >= 0.6 is 24.0 Å². The minimum absolute atomic E-state index is 0. The highest BCUT2D eigenvalue weighted by molar-refractivity contribution is 14.0. The summed E-state index contributed by atoms with van der Waals surface area (Å²) >= 11 is 0. The first-order valence-corrected chi connectivity index (χ1v) is 8.71. The molecule has 1 aliphatic rings. The second kappa shape index (κ2) is 12.3. The fraction of sp³-hybridized carbons (Fsp3) is 0.611. The molecule has 0 radical (unpaired) electrons. The molecule has 1 heterocycles. The van der Waals surface area contributed by atoms with Crippen molar-refractivity contribution in [2.45, 2.75) is 19.9 Å². The van der Waals surface area contributed by atoms with E-state index in [0.717, 1.165) is 44.2 Å². The molecule has 0 aliphatic carbocycles. The van der Waals surface area contributed by atoms with E-state index in [0.29, 0.717) is 25.7 Å². The molecule has 1 aromatic rings. The number of halogens is 2. The highest BCUT2D eigenvalue weighted by Crippen LogP contribution is 2.18. The summed E-state index contributed by atoms with van der Waals surface area (Å²) in [5, 5.41) is 12.6. The molecule has 1 aliphatic heterocycles. The smallest absolute Gasteiger partial charge is 0.194 e. The van der Waals surface area contributed by atoms with Crippen molar-refractivity contribution in [1.82, 2.24) is 10.2 Å². The van der Waals surface area contributed by atoms with Crippen molar-refractivity contribution in [2.75, 3.05) is 46.6 Å². The average molecular weight is 481 g/mol. The SMILES string of the molecule is CCNC(=NCc1ccc(O)c(F)c1)N1CCC(COCCOC)C1.I. The molecule has 0 spiro atoms. The van der Waals surface area contributed by atoms with Gasteiger partial charge in [0, 0.05) is 32.7 Å². The van der Waals surface area contributed by atoms with Gasteiger partial charge < -0.3 is 24.8 Å². The van der Waals surface area contributed by atoms with E-state index in [-0.39, 0.29) is 29.7 Å². The molecule has 148 valence electrons. The third-order valence-corrected chi connectivity index (χ3v) is 4.13. The van der Waals surface area contributed by atoms with E-state index in [2.05, 4.69) is 15.2 Å². The Hall–Kier alpha value is -1.13. The largest absolute Gasteiger partial charge is 0.505 e. The number of hydrogen-bond acceptors (Lipinski definition) is 4. The van der Waals surface area contributed by atoms with Gasteiger partial charge in [-0.15, -0.1) is 24.0 Å². The van der Waals surface area contributed by atoms with Gasteiger partial charge in [-0.05, 0) is 31.0 Å². The highest BCUT2D eigenvalue weighted by atomic mass is 127. The molecule has 1 aromatic carbocycles. The van der Waals surface area contributed by atoms with Crippen LogP contribution in [-0.2, 0) is 16.0 Å². The fourth-order valence-corrected chi connectivity index (χ4v) is 2.79. The van der Waals surface area contributed by atoms with E-state index in [1.54, 1.807) is 13.2 Å². The van der Waals surface area contributed by atoms with Gasteiger partial charge in [0.15, 0.2) is 17.5 Å². The Kier molecular flexibility index (Phi) is 10.8. The van der Waals surface area contributed by atoms with Gasteiger partial charge in [0.05, 0.1) is 26.4 Å². The average Bonchev–Trinajstić information content (AvgIpc) is 3.07. The van der Waals surface area contributed by atoms with Crippen molar-refractivity contribution in [3.8, 4) is 5.75 Å².